The number of ether oxygens (including phenoxy) is 1. The summed E-state index contributed by atoms with van der Waals surface area (Å²) in [4.78, 5) is 26.1. The molecule has 7 heteroatoms. The maximum atomic E-state index is 12.1. The summed E-state index contributed by atoms with van der Waals surface area (Å²) in [5.41, 5.74) is 0. The number of carbonyl (C=O) groups is 2. The molecule has 2 amide bonds. The van der Waals surface area contributed by atoms with Crippen molar-refractivity contribution in [2.75, 3.05) is 39.9 Å². The van der Waals surface area contributed by atoms with Gasteiger partial charge in [-0.1, -0.05) is 0 Å². The van der Waals surface area contributed by atoms with Crippen molar-refractivity contribution in [3.05, 3.63) is 0 Å². The van der Waals surface area contributed by atoms with Gasteiger partial charge in [0.25, 0.3) is 0 Å². The van der Waals surface area contributed by atoms with Crippen LogP contribution in [0.15, 0.2) is 0 Å². The Bertz CT molecular complexity index is 376. The summed E-state index contributed by atoms with van der Waals surface area (Å²) in [7, 11) is 1.66. The van der Waals surface area contributed by atoms with Crippen LogP contribution >= 0.6 is 12.4 Å². The van der Waals surface area contributed by atoms with Gasteiger partial charge < -0.3 is 20.3 Å². The number of methoxy groups -OCH3 is 1. The number of likely N-dealkylation sites (tertiary alicyclic amines) is 1. The molecule has 23 heavy (non-hydrogen) atoms. The summed E-state index contributed by atoms with van der Waals surface area (Å²) in [6.45, 7) is 3.86. The first kappa shape index (κ1) is 20.2. The van der Waals surface area contributed by atoms with Crippen molar-refractivity contribution >= 4 is 24.2 Å². The molecule has 0 aromatic heterocycles. The van der Waals surface area contributed by atoms with Crippen LogP contribution in [0.4, 0.5) is 0 Å². The number of piperidine rings is 1. The maximum absolute atomic E-state index is 12.1. The Hall–Kier alpha value is -0.850. The number of nitrogens with one attached hydrogen (secondary N) is 2. The minimum Gasteiger partial charge on any atom is -0.385 e. The second-order valence-corrected chi connectivity index (χ2v) is 6.34. The molecule has 2 heterocycles. The van der Waals surface area contributed by atoms with Gasteiger partial charge in [0.1, 0.15) is 0 Å². The van der Waals surface area contributed by atoms with E-state index in [0.717, 1.165) is 51.7 Å². The van der Waals surface area contributed by atoms with E-state index in [1.807, 2.05) is 4.90 Å². The van der Waals surface area contributed by atoms with E-state index >= 15 is 0 Å². The fourth-order valence-corrected chi connectivity index (χ4v) is 3.26. The van der Waals surface area contributed by atoms with Gasteiger partial charge in [0.05, 0.1) is 6.04 Å². The lowest BCUT2D eigenvalue weighted by Gasteiger charge is -2.33. The first-order valence-electron chi connectivity index (χ1n) is 8.48. The molecule has 134 valence electrons. The Morgan fingerprint density at radius 3 is 2.83 bits per heavy atom. The third kappa shape index (κ3) is 6.65. The van der Waals surface area contributed by atoms with Crippen molar-refractivity contribution in [3.63, 3.8) is 0 Å². The highest BCUT2D eigenvalue weighted by atomic mass is 35.5. The Morgan fingerprint density at radius 2 is 2.13 bits per heavy atom. The quantitative estimate of drug-likeness (QED) is 0.672. The predicted molar refractivity (Wildman–Crippen MR) is 91.7 cm³/mol. The lowest BCUT2D eigenvalue weighted by molar-refractivity contribution is -0.133. The average Bonchev–Trinajstić information content (AvgIpc) is 3.07. The molecule has 0 aromatic rings. The second-order valence-electron chi connectivity index (χ2n) is 6.34. The van der Waals surface area contributed by atoms with Crippen molar-refractivity contribution in [3.8, 4) is 0 Å². The molecular formula is C16H30ClN3O3. The van der Waals surface area contributed by atoms with Crippen LogP contribution in [0.25, 0.3) is 0 Å². The van der Waals surface area contributed by atoms with Crippen molar-refractivity contribution < 1.29 is 14.3 Å². The maximum Gasteiger partial charge on any atom is 0.237 e. The largest absolute Gasteiger partial charge is 0.385 e. The molecule has 0 bridgehead atoms. The van der Waals surface area contributed by atoms with Crippen molar-refractivity contribution in [1.29, 1.82) is 0 Å². The Kier molecular flexibility index (Phi) is 9.52. The molecule has 0 aromatic carbocycles. The highest BCUT2D eigenvalue weighted by Crippen LogP contribution is 2.17. The Labute approximate surface area is 145 Å². The van der Waals surface area contributed by atoms with Crippen LogP contribution in [0.1, 0.15) is 38.5 Å². The van der Waals surface area contributed by atoms with Gasteiger partial charge in [-0.2, -0.15) is 0 Å². The average molecular weight is 348 g/mol. The van der Waals surface area contributed by atoms with Gasteiger partial charge in [0.2, 0.25) is 11.8 Å². The van der Waals surface area contributed by atoms with Gasteiger partial charge in [-0.05, 0) is 44.6 Å². The van der Waals surface area contributed by atoms with E-state index in [1.54, 1.807) is 7.11 Å². The van der Waals surface area contributed by atoms with Crippen LogP contribution in [0, 0.1) is 5.92 Å². The van der Waals surface area contributed by atoms with E-state index in [2.05, 4.69) is 10.6 Å². The summed E-state index contributed by atoms with van der Waals surface area (Å²) in [6, 6.07) is -0.0182. The van der Waals surface area contributed by atoms with Gasteiger partial charge in [0, 0.05) is 39.8 Å². The number of halogens is 1. The third-order valence-electron chi connectivity index (χ3n) is 4.55. The normalized spacial score (nSPS) is 24.1. The predicted octanol–water partition coefficient (Wildman–Crippen LogP) is 0.942. The molecule has 2 unspecified atom stereocenters. The molecule has 2 atom stereocenters. The molecule has 2 N–H and O–H groups in total. The molecule has 0 spiro atoms. The van der Waals surface area contributed by atoms with Gasteiger partial charge in [-0.15, -0.1) is 12.4 Å². The number of carbonyl (C=O) groups excluding carboxylic acids is 2. The van der Waals surface area contributed by atoms with Crippen molar-refractivity contribution in [2.45, 2.75) is 44.6 Å². The number of rotatable bonds is 7. The topological polar surface area (TPSA) is 70.7 Å². The summed E-state index contributed by atoms with van der Waals surface area (Å²) in [5, 5.41) is 6.26. The van der Waals surface area contributed by atoms with Crippen LogP contribution < -0.4 is 10.6 Å². The van der Waals surface area contributed by atoms with E-state index in [0.29, 0.717) is 25.5 Å². The van der Waals surface area contributed by atoms with Crippen LogP contribution in [0.5, 0.6) is 0 Å². The molecule has 2 rings (SSSR count). The van der Waals surface area contributed by atoms with Gasteiger partial charge in [-0.3, -0.25) is 9.59 Å². The first-order chi connectivity index (χ1) is 10.7. The van der Waals surface area contributed by atoms with E-state index in [9.17, 15) is 9.59 Å². The fourth-order valence-electron chi connectivity index (χ4n) is 3.26. The highest BCUT2D eigenvalue weighted by Gasteiger charge is 2.26. The number of amides is 2. The van der Waals surface area contributed by atoms with E-state index < -0.39 is 0 Å². The van der Waals surface area contributed by atoms with Gasteiger partial charge >= 0.3 is 0 Å². The highest BCUT2D eigenvalue weighted by molar-refractivity contribution is 5.85. The minimum absolute atomic E-state index is 0. The van der Waals surface area contributed by atoms with Gasteiger partial charge in [-0.25, -0.2) is 0 Å². The summed E-state index contributed by atoms with van der Waals surface area (Å²) in [5.74, 6) is 0.706. The first-order valence-corrected chi connectivity index (χ1v) is 8.48. The lowest BCUT2D eigenvalue weighted by Crippen LogP contribution is -2.46. The summed E-state index contributed by atoms with van der Waals surface area (Å²) < 4.78 is 4.99. The molecule has 2 fully saturated rings. The zero-order valence-corrected chi connectivity index (χ0v) is 14.8. The van der Waals surface area contributed by atoms with Crippen molar-refractivity contribution in [1.82, 2.24) is 15.5 Å². The molecule has 2 aliphatic rings. The monoisotopic (exact) mass is 347 g/mol. The smallest absolute Gasteiger partial charge is 0.237 e. The molecule has 2 aliphatic heterocycles. The van der Waals surface area contributed by atoms with Gasteiger partial charge in [0.15, 0.2) is 0 Å². The van der Waals surface area contributed by atoms with E-state index in [4.69, 9.17) is 4.74 Å². The third-order valence-corrected chi connectivity index (χ3v) is 4.55. The number of nitrogens with zero attached hydrogens (tertiary/aromatic N) is 1. The Balaban J connectivity index is 0.00000264. The second kappa shape index (κ2) is 10.8. The van der Waals surface area contributed by atoms with Crippen molar-refractivity contribution in [2.24, 2.45) is 5.92 Å². The molecule has 6 nitrogen and oxygen atoms in total. The molecular weight excluding hydrogens is 318 g/mol. The Morgan fingerprint density at radius 1 is 1.30 bits per heavy atom. The summed E-state index contributed by atoms with van der Waals surface area (Å²) in [6.07, 6.45) is 5.45. The molecule has 0 radical (unpaired) electrons. The molecule has 0 aliphatic carbocycles. The molecule has 0 saturated carbocycles. The van der Waals surface area contributed by atoms with E-state index in [1.165, 1.54) is 0 Å². The van der Waals surface area contributed by atoms with Crippen LogP contribution in [-0.2, 0) is 14.3 Å². The SMILES string of the molecule is COCCCC(=O)N1CCCC(CNC(=O)C2CCCN2)C1.Cl. The minimum atomic E-state index is -0.0182. The standard InChI is InChI=1S/C16H29N3O3.ClH/c1-22-10-4-7-15(20)19-9-3-5-13(12-19)11-18-16(21)14-6-2-8-17-14;/h13-14,17H,2-12H2,1H3,(H,18,21);1H. The lowest BCUT2D eigenvalue weighted by atomic mass is 9.97. The van der Waals surface area contributed by atoms with Crippen LogP contribution in [-0.4, -0.2) is 62.7 Å². The number of hydrogen-bond donors (Lipinski definition) is 2. The summed E-state index contributed by atoms with van der Waals surface area (Å²) >= 11 is 0. The zero-order valence-electron chi connectivity index (χ0n) is 14.0. The molecule has 2 saturated heterocycles. The number of hydrogen-bond acceptors (Lipinski definition) is 4. The van der Waals surface area contributed by atoms with E-state index in [-0.39, 0.29) is 30.3 Å². The van der Waals surface area contributed by atoms with Crippen LogP contribution in [0.2, 0.25) is 0 Å². The fraction of sp³-hybridized carbons (Fsp3) is 0.875. The van der Waals surface area contributed by atoms with Crippen LogP contribution in [0.3, 0.4) is 0 Å². The zero-order chi connectivity index (χ0) is 15.8.